The number of rotatable bonds is 7. The SMILES string of the molecule is O=C(O)CC(CC(=O)Nc1ccc(N2CCOCC2)cc1)c1ccc(F)cc1. The molecule has 1 heterocycles. The number of benzene rings is 2. The third-order valence-electron chi connectivity index (χ3n) is 4.72. The summed E-state index contributed by atoms with van der Waals surface area (Å²) < 4.78 is 18.5. The van der Waals surface area contributed by atoms with Crippen LogP contribution < -0.4 is 10.2 Å². The molecule has 148 valence electrons. The number of nitrogens with one attached hydrogen (secondary N) is 1. The van der Waals surface area contributed by atoms with Crippen molar-refractivity contribution in [2.24, 2.45) is 0 Å². The second kappa shape index (κ2) is 9.32. The lowest BCUT2D eigenvalue weighted by Gasteiger charge is -2.28. The summed E-state index contributed by atoms with van der Waals surface area (Å²) in [7, 11) is 0. The van der Waals surface area contributed by atoms with Crippen LogP contribution in [0.2, 0.25) is 0 Å². The maximum atomic E-state index is 13.1. The highest BCUT2D eigenvalue weighted by Gasteiger charge is 2.20. The van der Waals surface area contributed by atoms with Gasteiger partial charge in [-0.3, -0.25) is 9.59 Å². The van der Waals surface area contributed by atoms with Crippen LogP contribution in [-0.4, -0.2) is 43.3 Å². The van der Waals surface area contributed by atoms with Gasteiger partial charge in [0.1, 0.15) is 5.82 Å². The molecule has 0 spiro atoms. The Balaban J connectivity index is 1.62. The number of anilines is 2. The third-order valence-corrected chi connectivity index (χ3v) is 4.72. The Hall–Kier alpha value is -2.93. The number of ether oxygens (including phenoxy) is 1. The van der Waals surface area contributed by atoms with Crippen molar-refractivity contribution in [1.82, 2.24) is 0 Å². The molecule has 3 rings (SSSR count). The van der Waals surface area contributed by atoms with E-state index in [-0.39, 0.29) is 18.7 Å². The van der Waals surface area contributed by atoms with Crippen LogP contribution >= 0.6 is 0 Å². The minimum absolute atomic E-state index is 0.00312. The topological polar surface area (TPSA) is 78.9 Å². The summed E-state index contributed by atoms with van der Waals surface area (Å²) in [6, 6.07) is 13.1. The molecule has 1 aliphatic rings. The molecule has 1 fully saturated rings. The number of nitrogens with zero attached hydrogens (tertiary/aromatic N) is 1. The quantitative estimate of drug-likeness (QED) is 0.764. The van der Waals surface area contributed by atoms with Gasteiger partial charge in [-0.15, -0.1) is 0 Å². The van der Waals surface area contributed by atoms with Gasteiger partial charge in [-0.25, -0.2) is 4.39 Å². The number of carboxylic acid groups (broad SMARTS) is 1. The molecule has 28 heavy (non-hydrogen) atoms. The molecule has 1 unspecified atom stereocenters. The molecular weight excluding hydrogens is 363 g/mol. The lowest BCUT2D eigenvalue weighted by atomic mass is 9.92. The monoisotopic (exact) mass is 386 g/mol. The van der Waals surface area contributed by atoms with Crippen LogP contribution in [0.25, 0.3) is 0 Å². The number of carboxylic acids is 1. The van der Waals surface area contributed by atoms with Gasteiger partial charge in [-0.05, 0) is 42.0 Å². The summed E-state index contributed by atoms with van der Waals surface area (Å²) in [5.74, 6) is -2.21. The largest absolute Gasteiger partial charge is 0.481 e. The third kappa shape index (κ3) is 5.53. The van der Waals surface area contributed by atoms with E-state index in [4.69, 9.17) is 9.84 Å². The molecular formula is C21H23FN2O4. The van der Waals surface area contributed by atoms with Gasteiger partial charge in [-0.1, -0.05) is 12.1 Å². The van der Waals surface area contributed by atoms with Gasteiger partial charge in [-0.2, -0.15) is 0 Å². The molecule has 2 aromatic rings. The van der Waals surface area contributed by atoms with E-state index in [9.17, 15) is 14.0 Å². The molecule has 0 aromatic heterocycles. The molecule has 1 atom stereocenters. The van der Waals surface area contributed by atoms with Crippen molar-refractivity contribution in [2.45, 2.75) is 18.8 Å². The predicted molar refractivity (Wildman–Crippen MR) is 104 cm³/mol. The smallest absolute Gasteiger partial charge is 0.303 e. The van der Waals surface area contributed by atoms with Gasteiger partial charge in [0.2, 0.25) is 5.91 Å². The van der Waals surface area contributed by atoms with Gasteiger partial charge in [0.15, 0.2) is 0 Å². The average Bonchev–Trinajstić information content (AvgIpc) is 2.69. The second-order valence-electron chi connectivity index (χ2n) is 6.74. The molecule has 0 bridgehead atoms. The van der Waals surface area contributed by atoms with E-state index < -0.39 is 17.7 Å². The zero-order valence-electron chi connectivity index (χ0n) is 15.4. The Kier molecular flexibility index (Phi) is 6.60. The summed E-state index contributed by atoms with van der Waals surface area (Å²) in [5.41, 5.74) is 2.34. The van der Waals surface area contributed by atoms with Gasteiger partial charge < -0.3 is 20.1 Å². The Morgan fingerprint density at radius 2 is 1.68 bits per heavy atom. The summed E-state index contributed by atoms with van der Waals surface area (Å²) >= 11 is 0. The predicted octanol–water partition coefficient (Wildman–Crippen LogP) is 3.25. The maximum Gasteiger partial charge on any atom is 0.303 e. The van der Waals surface area contributed by atoms with Crippen LogP contribution in [0.5, 0.6) is 0 Å². The Morgan fingerprint density at radius 1 is 1.04 bits per heavy atom. The van der Waals surface area contributed by atoms with E-state index in [1.54, 1.807) is 0 Å². The van der Waals surface area contributed by atoms with Crippen LogP contribution in [0.3, 0.4) is 0 Å². The molecule has 2 aromatic carbocycles. The number of morpholine rings is 1. The van der Waals surface area contributed by atoms with Gasteiger partial charge in [0.25, 0.3) is 0 Å². The van der Waals surface area contributed by atoms with Crippen molar-refractivity contribution in [3.63, 3.8) is 0 Å². The summed E-state index contributed by atoms with van der Waals surface area (Å²) in [4.78, 5) is 25.8. The van der Waals surface area contributed by atoms with Crippen molar-refractivity contribution in [2.75, 3.05) is 36.5 Å². The zero-order valence-corrected chi connectivity index (χ0v) is 15.4. The summed E-state index contributed by atoms with van der Waals surface area (Å²) in [6.45, 7) is 3.07. The second-order valence-corrected chi connectivity index (χ2v) is 6.74. The maximum absolute atomic E-state index is 13.1. The fourth-order valence-corrected chi connectivity index (χ4v) is 3.27. The molecule has 6 nitrogen and oxygen atoms in total. The first-order chi connectivity index (χ1) is 13.5. The standard InChI is InChI=1S/C21H23FN2O4/c22-17-3-1-15(2-4-17)16(14-21(26)27)13-20(25)23-18-5-7-19(8-6-18)24-9-11-28-12-10-24/h1-8,16H,9-14H2,(H,23,25)(H,26,27). The Labute approximate surface area is 162 Å². The van der Waals surface area contributed by atoms with E-state index in [0.717, 1.165) is 18.8 Å². The van der Waals surface area contributed by atoms with Gasteiger partial charge in [0, 0.05) is 36.8 Å². The highest BCUT2D eigenvalue weighted by atomic mass is 19.1. The normalized spacial score (nSPS) is 15.1. The number of aliphatic carboxylic acids is 1. The van der Waals surface area contributed by atoms with E-state index in [0.29, 0.717) is 24.5 Å². The zero-order chi connectivity index (χ0) is 19.9. The Bertz CT molecular complexity index is 802. The van der Waals surface area contributed by atoms with Crippen LogP contribution in [0, 0.1) is 5.82 Å². The van der Waals surface area contributed by atoms with Gasteiger partial charge >= 0.3 is 5.97 Å². The van der Waals surface area contributed by atoms with Gasteiger partial charge in [0.05, 0.1) is 19.6 Å². The van der Waals surface area contributed by atoms with Crippen molar-refractivity contribution < 1.29 is 23.8 Å². The molecule has 7 heteroatoms. The van der Waals surface area contributed by atoms with E-state index >= 15 is 0 Å². The summed E-state index contributed by atoms with van der Waals surface area (Å²) in [5, 5.41) is 11.9. The van der Waals surface area contributed by atoms with Crippen LogP contribution in [0.1, 0.15) is 24.3 Å². The number of hydrogen-bond donors (Lipinski definition) is 2. The lowest BCUT2D eigenvalue weighted by molar-refractivity contribution is -0.137. The van der Waals surface area contributed by atoms with E-state index in [2.05, 4.69) is 10.2 Å². The minimum atomic E-state index is -1.00. The molecule has 0 saturated carbocycles. The molecule has 0 aliphatic carbocycles. The highest BCUT2D eigenvalue weighted by molar-refractivity contribution is 5.91. The molecule has 1 saturated heterocycles. The molecule has 1 aliphatic heterocycles. The minimum Gasteiger partial charge on any atom is -0.481 e. The summed E-state index contributed by atoms with van der Waals surface area (Å²) in [6.07, 6.45) is -0.196. The van der Waals surface area contributed by atoms with Crippen molar-refractivity contribution in [3.05, 3.63) is 59.9 Å². The number of amides is 1. The van der Waals surface area contributed by atoms with E-state index in [1.165, 1.54) is 24.3 Å². The first-order valence-electron chi connectivity index (χ1n) is 9.21. The lowest BCUT2D eigenvalue weighted by Crippen LogP contribution is -2.36. The average molecular weight is 386 g/mol. The van der Waals surface area contributed by atoms with Crippen LogP contribution in [-0.2, 0) is 14.3 Å². The highest BCUT2D eigenvalue weighted by Crippen LogP contribution is 2.25. The first kappa shape index (κ1) is 19.8. The van der Waals surface area contributed by atoms with Crippen molar-refractivity contribution >= 4 is 23.3 Å². The number of hydrogen-bond acceptors (Lipinski definition) is 4. The van der Waals surface area contributed by atoms with Crippen LogP contribution in [0.15, 0.2) is 48.5 Å². The number of carbonyl (C=O) groups excluding carboxylic acids is 1. The van der Waals surface area contributed by atoms with Crippen LogP contribution in [0.4, 0.5) is 15.8 Å². The fourth-order valence-electron chi connectivity index (χ4n) is 3.27. The fraction of sp³-hybridized carbons (Fsp3) is 0.333. The molecule has 2 N–H and O–H groups in total. The number of halogens is 1. The van der Waals surface area contributed by atoms with E-state index in [1.807, 2.05) is 24.3 Å². The molecule has 1 amide bonds. The van der Waals surface area contributed by atoms with Crippen molar-refractivity contribution in [1.29, 1.82) is 0 Å². The Morgan fingerprint density at radius 3 is 2.29 bits per heavy atom. The number of carbonyl (C=O) groups is 2. The van der Waals surface area contributed by atoms with Crippen molar-refractivity contribution in [3.8, 4) is 0 Å². The first-order valence-corrected chi connectivity index (χ1v) is 9.21. The molecule has 0 radical (unpaired) electrons.